The van der Waals surface area contributed by atoms with Crippen molar-refractivity contribution in [2.45, 2.75) is 18.9 Å². The molecule has 0 heterocycles. The van der Waals surface area contributed by atoms with Gasteiger partial charge in [-0.2, -0.15) is 0 Å². The van der Waals surface area contributed by atoms with E-state index in [2.05, 4.69) is 0 Å². The third kappa shape index (κ3) is 2.76. The first-order valence-corrected chi connectivity index (χ1v) is 4.57. The third-order valence-electron chi connectivity index (χ3n) is 2.42. The van der Waals surface area contributed by atoms with Crippen molar-refractivity contribution >= 4 is 5.91 Å². The molecule has 0 fully saturated rings. The van der Waals surface area contributed by atoms with Crippen LogP contribution in [0.4, 0.5) is 4.39 Å². The van der Waals surface area contributed by atoms with Crippen molar-refractivity contribution in [2.24, 2.45) is 5.73 Å². The number of amides is 1. The lowest BCUT2D eigenvalue weighted by atomic mass is 9.92. The molecule has 1 unspecified atom stereocenters. The fraction of sp³-hybridized carbons (Fsp3) is 0.364. The van der Waals surface area contributed by atoms with Gasteiger partial charge in [-0.1, -0.05) is 12.1 Å². The number of carbonyl (C=O) groups excluding carboxylic acids is 1. The molecule has 0 aliphatic rings. The number of hydrogen-bond donors (Lipinski definition) is 1. The smallest absolute Gasteiger partial charge is 0.220 e. The van der Waals surface area contributed by atoms with Gasteiger partial charge in [-0.05, 0) is 24.6 Å². The normalized spacial score (nSPS) is 14.6. The predicted molar refractivity (Wildman–Crippen MR) is 54.6 cm³/mol. The van der Waals surface area contributed by atoms with Crippen LogP contribution in [0.15, 0.2) is 24.3 Å². The van der Waals surface area contributed by atoms with Crippen LogP contribution in [0.5, 0.6) is 0 Å². The Morgan fingerprint density at radius 3 is 2.40 bits per heavy atom. The van der Waals surface area contributed by atoms with Gasteiger partial charge in [0.25, 0.3) is 0 Å². The van der Waals surface area contributed by atoms with Gasteiger partial charge in [0.15, 0.2) is 0 Å². The number of rotatable bonds is 4. The number of nitrogens with two attached hydrogens (primary N) is 1. The molecule has 15 heavy (non-hydrogen) atoms. The Morgan fingerprint density at radius 2 is 2.00 bits per heavy atom. The highest BCUT2D eigenvalue weighted by molar-refractivity contribution is 5.75. The van der Waals surface area contributed by atoms with Crippen molar-refractivity contribution in [2.75, 3.05) is 7.11 Å². The third-order valence-corrected chi connectivity index (χ3v) is 2.42. The van der Waals surface area contributed by atoms with Crippen LogP contribution in [-0.2, 0) is 15.1 Å². The largest absolute Gasteiger partial charge is 0.373 e. The molecule has 0 spiro atoms. The number of hydrogen-bond acceptors (Lipinski definition) is 2. The number of benzene rings is 1. The highest BCUT2D eigenvalue weighted by Gasteiger charge is 2.28. The predicted octanol–water partition coefficient (Wildman–Crippen LogP) is 1.56. The molecule has 0 aromatic heterocycles. The first kappa shape index (κ1) is 11.7. The zero-order valence-corrected chi connectivity index (χ0v) is 8.79. The number of carbonyl (C=O) groups is 1. The van der Waals surface area contributed by atoms with E-state index in [0.29, 0.717) is 0 Å². The second-order valence-electron chi connectivity index (χ2n) is 3.58. The lowest BCUT2D eigenvalue weighted by Crippen LogP contribution is -2.31. The summed E-state index contributed by atoms with van der Waals surface area (Å²) >= 11 is 0. The molecule has 0 saturated heterocycles. The van der Waals surface area contributed by atoms with Crippen LogP contribution in [-0.4, -0.2) is 13.0 Å². The molecule has 0 aliphatic heterocycles. The van der Waals surface area contributed by atoms with E-state index in [1.165, 1.54) is 19.2 Å². The summed E-state index contributed by atoms with van der Waals surface area (Å²) in [5, 5.41) is 0. The molecule has 2 N–H and O–H groups in total. The first-order chi connectivity index (χ1) is 6.98. The van der Waals surface area contributed by atoms with E-state index in [0.717, 1.165) is 5.56 Å². The molecule has 0 aliphatic carbocycles. The van der Waals surface area contributed by atoms with E-state index >= 15 is 0 Å². The Hall–Kier alpha value is -1.42. The van der Waals surface area contributed by atoms with E-state index in [9.17, 15) is 9.18 Å². The molecule has 3 nitrogen and oxygen atoms in total. The minimum absolute atomic E-state index is 0.0646. The number of halogens is 1. The summed E-state index contributed by atoms with van der Waals surface area (Å²) in [5.74, 6) is -0.778. The van der Waals surface area contributed by atoms with E-state index < -0.39 is 11.5 Å². The standard InChI is InChI=1S/C11H14FNO2/c1-11(15-2,7-10(13)14)8-3-5-9(12)6-4-8/h3-6H,7H2,1-2H3,(H2,13,14). The molecule has 0 bridgehead atoms. The maximum atomic E-state index is 12.7. The summed E-state index contributed by atoms with van der Waals surface area (Å²) in [6, 6.07) is 5.82. The fourth-order valence-corrected chi connectivity index (χ4v) is 1.43. The van der Waals surface area contributed by atoms with Crippen LogP contribution >= 0.6 is 0 Å². The molecule has 0 saturated carbocycles. The van der Waals surface area contributed by atoms with Crippen molar-refractivity contribution in [3.8, 4) is 0 Å². The van der Waals surface area contributed by atoms with E-state index in [-0.39, 0.29) is 12.2 Å². The van der Waals surface area contributed by atoms with Gasteiger partial charge in [-0.25, -0.2) is 4.39 Å². The summed E-state index contributed by atoms with van der Waals surface area (Å²) in [4.78, 5) is 10.9. The van der Waals surface area contributed by atoms with Crippen LogP contribution in [0.2, 0.25) is 0 Å². The molecule has 1 rings (SSSR count). The lowest BCUT2D eigenvalue weighted by Gasteiger charge is -2.27. The van der Waals surface area contributed by atoms with Crippen molar-refractivity contribution in [3.63, 3.8) is 0 Å². The van der Waals surface area contributed by atoms with E-state index in [1.54, 1.807) is 19.1 Å². The minimum Gasteiger partial charge on any atom is -0.373 e. The minimum atomic E-state index is -0.792. The average Bonchev–Trinajstić information content (AvgIpc) is 2.17. The molecule has 1 atom stereocenters. The molecule has 1 aromatic rings. The summed E-state index contributed by atoms with van der Waals surface area (Å²) in [6.45, 7) is 1.74. The Balaban J connectivity index is 3.00. The monoisotopic (exact) mass is 211 g/mol. The second kappa shape index (κ2) is 4.40. The molecule has 1 amide bonds. The van der Waals surface area contributed by atoms with Gasteiger partial charge in [0.05, 0.1) is 12.0 Å². The molecule has 1 aromatic carbocycles. The van der Waals surface area contributed by atoms with Crippen LogP contribution in [0, 0.1) is 5.82 Å². The Morgan fingerprint density at radius 1 is 1.47 bits per heavy atom. The zero-order valence-electron chi connectivity index (χ0n) is 8.79. The Kier molecular flexibility index (Phi) is 3.42. The molecule has 82 valence electrons. The highest BCUT2D eigenvalue weighted by atomic mass is 19.1. The summed E-state index contributed by atoms with van der Waals surface area (Å²) in [5.41, 5.74) is 5.06. The number of ether oxygens (including phenoxy) is 1. The van der Waals surface area contributed by atoms with Crippen molar-refractivity contribution in [3.05, 3.63) is 35.6 Å². The number of primary amides is 1. The van der Waals surface area contributed by atoms with Gasteiger partial charge in [0, 0.05) is 7.11 Å². The zero-order chi connectivity index (χ0) is 11.5. The van der Waals surface area contributed by atoms with Crippen LogP contribution in [0.3, 0.4) is 0 Å². The topological polar surface area (TPSA) is 52.3 Å². The van der Waals surface area contributed by atoms with Gasteiger partial charge < -0.3 is 10.5 Å². The molecule has 0 radical (unpaired) electrons. The summed E-state index contributed by atoms with van der Waals surface area (Å²) in [6.07, 6.45) is 0.0646. The van der Waals surface area contributed by atoms with E-state index in [1.807, 2.05) is 0 Å². The van der Waals surface area contributed by atoms with Crippen LogP contribution in [0.25, 0.3) is 0 Å². The van der Waals surface area contributed by atoms with Gasteiger partial charge in [-0.15, -0.1) is 0 Å². The van der Waals surface area contributed by atoms with Gasteiger partial charge in [0.1, 0.15) is 5.82 Å². The Labute approximate surface area is 88.0 Å². The van der Waals surface area contributed by atoms with Gasteiger partial charge in [0.2, 0.25) is 5.91 Å². The maximum absolute atomic E-state index is 12.7. The van der Waals surface area contributed by atoms with Crippen LogP contribution < -0.4 is 5.73 Å². The molecule has 4 heteroatoms. The van der Waals surface area contributed by atoms with E-state index in [4.69, 9.17) is 10.5 Å². The SMILES string of the molecule is COC(C)(CC(N)=O)c1ccc(F)cc1. The fourth-order valence-electron chi connectivity index (χ4n) is 1.43. The van der Waals surface area contributed by atoms with Gasteiger partial charge >= 0.3 is 0 Å². The van der Waals surface area contributed by atoms with Crippen molar-refractivity contribution in [1.82, 2.24) is 0 Å². The summed E-state index contributed by atoms with van der Waals surface area (Å²) < 4.78 is 18.0. The quantitative estimate of drug-likeness (QED) is 0.821. The summed E-state index contributed by atoms with van der Waals surface area (Å²) in [7, 11) is 1.49. The molecular formula is C11H14FNO2. The maximum Gasteiger partial charge on any atom is 0.220 e. The van der Waals surface area contributed by atoms with Crippen LogP contribution in [0.1, 0.15) is 18.9 Å². The second-order valence-corrected chi connectivity index (χ2v) is 3.58. The van der Waals surface area contributed by atoms with Gasteiger partial charge in [-0.3, -0.25) is 4.79 Å². The lowest BCUT2D eigenvalue weighted by molar-refractivity contribution is -0.124. The van der Waals surface area contributed by atoms with Crippen molar-refractivity contribution < 1.29 is 13.9 Å². The average molecular weight is 211 g/mol. The number of methoxy groups -OCH3 is 1. The molecular weight excluding hydrogens is 197 g/mol. The Bertz CT molecular complexity index is 350. The highest BCUT2D eigenvalue weighted by Crippen LogP contribution is 2.28. The first-order valence-electron chi connectivity index (χ1n) is 4.57. The van der Waals surface area contributed by atoms with Crippen molar-refractivity contribution in [1.29, 1.82) is 0 Å².